The van der Waals surface area contributed by atoms with Crippen LogP contribution in [0.15, 0.2) is 60.7 Å². The number of carbonyl (C=O) groups excluding carboxylic acids is 2. The van der Waals surface area contributed by atoms with Crippen molar-refractivity contribution in [2.45, 2.75) is 0 Å². The van der Waals surface area contributed by atoms with Gasteiger partial charge in [-0.25, -0.2) is 0 Å². The number of rotatable bonds is 0. The zero-order valence-electron chi connectivity index (χ0n) is 12.6. The van der Waals surface area contributed by atoms with E-state index in [4.69, 9.17) is 19.8 Å². The summed E-state index contributed by atoms with van der Waals surface area (Å²) < 4.78 is 0. The van der Waals surface area contributed by atoms with E-state index in [-0.39, 0.29) is 37.7 Å². The van der Waals surface area contributed by atoms with Crippen LogP contribution in [0.25, 0.3) is 21.5 Å². The van der Waals surface area contributed by atoms with Gasteiger partial charge in [-0.2, -0.15) is 0 Å². The Morgan fingerprint density at radius 1 is 0.591 bits per heavy atom. The van der Waals surface area contributed by atoms with Gasteiger partial charge in [-0.3, -0.25) is 0 Å². The molecule has 0 unspecified atom stereocenters. The molecule has 0 saturated carbocycles. The summed E-state index contributed by atoms with van der Waals surface area (Å²) in [5.74, 6) is 0. The van der Waals surface area contributed by atoms with E-state index in [9.17, 15) is 0 Å². The van der Waals surface area contributed by atoms with Crippen molar-refractivity contribution in [2.24, 2.45) is 0 Å². The molecular formula is C16H12Li2O4. The van der Waals surface area contributed by atoms with Crippen molar-refractivity contribution in [2.75, 3.05) is 0 Å². The second kappa shape index (κ2) is 13.0. The molecule has 0 atom stereocenters. The Morgan fingerprint density at radius 3 is 0.955 bits per heavy atom. The second-order valence-electron chi connectivity index (χ2n) is 3.74. The fourth-order valence-electron chi connectivity index (χ4n) is 1.88. The minimum absolute atomic E-state index is 0. The molecule has 0 N–H and O–H groups in total. The predicted molar refractivity (Wildman–Crippen MR) is 73.6 cm³/mol. The number of fused-ring (bicyclic) bond motifs is 2. The van der Waals surface area contributed by atoms with E-state index in [1.165, 1.54) is 21.5 Å². The molecule has 3 aromatic rings. The van der Waals surface area contributed by atoms with Crippen LogP contribution in [-0.4, -0.2) is 12.9 Å². The normalized spacial score (nSPS) is 8.00. The number of carboxylic acid groups (broad SMARTS) is 2. The largest absolute Gasteiger partial charge is 1.00 e. The van der Waals surface area contributed by atoms with Gasteiger partial charge in [0.2, 0.25) is 0 Å². The van der Waals surface area contributed by atoms with E-state index in [0.717, 1.165) is 0 Å². The van der Waals surface area contributed by atoms with Gasteiger partial charge in [0.05, 0.1) is 0 Å². The van der Waals surface area contributed by atoms with Crippen LogP contribution >= 0.6 is 0 Å². The van der Waals surface area contributed by atoms with Crippen LogP contribution in [0.1, 0.15) is 0 Å². The van der Waals surface area contributed by atoms with Gasteiger partial charge < -0.3 is 19.8 Å². The monoisotopic (exact) mass is 282 g/mol. The molecule has 0 aliphatic rings. The average Bonchev–Trinajstić information content (AvgIpc) is 2.47. The van der Waals surface area contributed by atoms with Crippen LogP contribution in [0.4, 0.5) is 0 Å². The summed E-state index contributed by atoms with van der Waals surface area (Å²) in [6.07, 6.45) is 0. The van der Waals surface area contributed by atoms with E-state index in [1.54, 1.807) is 0 Å². The third-order valence-electron chi connectivity index (χ3n) is 2.61. The van der Waals surface area contributed by atoms with Gasteiger partial charge >= 0.3 is 37.7 Å². The zero-order chi connectivity index (χ0) is 14.8. The number of hydrogen-bond acceptors (Lipinski definition) is 4. The van der Waals surface area contributed by atoms with Crippen molar-refractivity contribution < 1.29 is 57.5 Å². The summed E-state index contributed by atoms with van der Waals surface area (Å²) in [7, 11) is 0. The van der Waals surface area contributed by atoms with Crippen LogP contribution in [0, 0.1) is 0 Å². The molecule has 0 amide bonds. The molecule has 0 aromatic heterocycles. The Balaban J connectivity index is 0. The second-order valence-corrected chi connectivity index (χ2v) is 3.74. The first kappa shape index (κ1) is 22.6. The molecule has 0 aliphatic heterocycles. The minimum Gasteiger partial charge on any atom is -0.554 e. The van der Waals surface area contributed by atoms with Gasteiger partial charge in [0, 0.05) is 12.9 Å². The third-order valence-corrected chi connectivity index (χ3v) is 2.61. The first-order valence-corrected chi connectivity index (χ1v) is 5.75. The maximum atomic E-state index is 8.25. The van der Waals surface area contributed by atoms with Crippen molar-refractivity contribution in [3.05, 3.63) is 60.7 Å². The Bertz CT molecular complexity index is 591. The zero-order valence-corrected chi connectivity index (χ0v) is 12.6. The molecule has 0 radical (unpaired) electrons. The van der Waals surface area contributed by atoms with Crippen molar-refractivity contribution in [1.82, 2.24) is 0 Å². The summed E-state index contributed by atoms with van der Waals surface area (Å²) >= 11 is 0. The molecule has 3 aromatic carbocycles. The fraction of sp³-hybridized carbons (Fsp3) is 0. The molecule has 102 valence electrons. The summed E-state index contributed by atoms with van der Waals surface area (Å²) in [5, 5.41) is 21.7. The average molecular weight is 282 g/mol. The molecule has 3 rings (SSSR count). The minimum atomic E-state index is -0.500. The maximum absolute atomic E-state index is 8.25. The Kier molecular flexibility index (Phi) is 13.4. The van der Waals surface area contributed by atoms with Crippen molar-refractivity contribution in [3.8, 4) is 0 Å². The Hall–Kier alpha value is -1.69. The van der Waals surface area contributed by atoms with Crippen LogP contribution < -0.4 is 47.9 Å². The topological polar surface area (TPSA) is 80.3 Å². The third kappa shape index (κ3) is 6.85. The summed E-state index contributed by atoms with van der Waals surface area (Å²) in [5.41, 5.74) is 0. The van der Waals surface area contributed by atoms with E-state index in [0.29, 0.717) is 0 Å². The van der Waals surface area contributed by atoms with E-state index in [1.807, 2.05) is 0 Å². The molecular weight excluding hydrogens is 270 g/mol. The van der Waals surface area contributed by atoms with Crippen LogP contribution in [0.2, 0.25) is 0 Å². The summed E-state index contributed by atoms with van der Waals surface area (Å²) in [4.78, 5) is 16.5. The van der Waals surface area contributed by atoms with Gasteiger partial charge in [-0.15, -0.1) is 0 Å². The molecule has 0 spiro atoms. The van der Waals surface area contributed by atoms with Crippen LogP contribution in [0.5, 0.6) is 0 Å². The molecule has 0 saturated heterocycles. The van der Waals surface area contributed by atoms with E-state index >= 15 is 0 Å². The Morgan fingerprint density at radius 2 is 0.773 bits per heavy atom. The van der Waals surface area contributed by atoms with Gasteiger partial charge in [0.1, 0.15) is 0 Å². The smallest absolute Gasteiger partial charge is 0.554 e. The summed E-state index contributed by atoms with van der Waals surface area (Å²) in [6.45, 7) is -1.00. The van der Waals surface area contributed by atoms with Gasteiger partial charge in [-0.05, 0) is 33.7 Å². The van der Waals surface area contributed by atoms with Crippen molar-refractivity contribution >= 4 is 34.5 Å². The van der Waals surface area contributed by atoms with Gasteiger partial charge in [0.15, 0.2) is 0 Å². The molecule has 4 nitrogen and oxygen atoms in total. The SMILES string of the molecule is O=C[O-].O=C[O-].[Li+].[Li+].c1ccc2cc3ccccc3cc2c1. The van der Waals surface area contributed by atoms with Crippen LogP contribution in [0.3, 0.4) is 0 Å². The Labute approximate surface area is 152 Å². The van der Waals surface area contributed by atoms with E-state index < -0.39 is 12.9 Å². The van der Waals surface area contributed by atoms with Gasteiger partial charge in [-0.1, -0.05) is 48.5 Å². The van der Waals surface area contributed by atoms with Gasteiger partial charge in [0.25, 0.3) is 0 Å². The van der Waals surface area contributed by atoms with E-state index in [2.05, 4.69) is 60.7 Å². The molecule has 0 fully saturated rings. The molecule has 0 heterocycles. The molecule has 22 heavy (non-hydrogen) atoms. The van der Waals surface area contributed by atoms with Crippen LogP contribution in [-0.2, 0) is 9.59 Å². The number of benzene rings is 3. The molecule has 6 heteroatoms. The predicted octanol–water partition coefficient (Wildman–Crippen LogP) is -5.27. The first-order chi connectivity index (χ1) is 9.76. The first-order valence-electron chi connectivity index (χ1n) is 5.75. The molecule has 0 bridgehead atoms. The standard InChI is InChI=1S/C14H10.2CH2O2.2Li/c1-2-6-12-10-14-8-4-3-7-13(14)9-11(12)5-1;2*2-1-3;;/h1-10H;2*1H,(H,2,3);;/q;;;2*+1/p-2. The number of carbonyl (C=O) groups is 2. The maximum Gasteiger partial charge on any atom is 1.00 e. The van der Waals surface area contributed by atoms with Crippen molar-refractivity contribution in [1.29, 1.82) is 0 Å². The quantitative estimate of drug-likeness (QED) is 0.234. The summed E-state index contributed by atoms with van der Waals surface area (Å²) in [6, 6.07) is 21.4. The number of hydrogen-bond donors (Lipinski definition) is 0. The van der Waals surface area contributed by atoms with Crippen molar-refractivity contribution in [3.63, 3.8) is 0 Å². The fourth-order valence-corrected chi connectivity index (χ4v) is 1.88. The molecule has 0 aliphatic carbocycles.